The first-order valence-electron chi connectivity index (χ1n) is 13.6. The number of amides is 1. The Labute approximate surface area is 227 Å². The molecule has 5 rings (SSSR count). The SMILES string of the molecule is O=CC1N(CC(=O)N2CCC(c3ccc(C(F)(F)F)cc3)CC2)CCCC1(c1ccccc1)c1ccccc1. The molecule has 1 amide bonds. The van der Waals surface area contributed by atoms with E-state index in [-0.39, 0.29) is 18.4 Å². The van der Waals surface area contributed by atoms with Crippen LogP contribution in [0.15, 0.2) is 84.9 Å². The predicted molar refractivity (Wildman–Crippen MR) is 144 cm³/mol. The summed E-state index contributed by atoms with van der Waals surface area (Å²) in [5.41, 5.74) is 1.83. The average Bonchev–Trinajstić information content (AvgIpc) is 2.97. The van der Waals surface area contributed by atoms with Crippen LogP contribution in [0.3, 0.4) is 0 Å². The second-order valence-electron chi connectivity index (χ2n) is 10.6. The number of halogens is 3. The van der Waals surface area contributed by atoms with Crippen LogP contribution in [0.4, 0.5) is 13.2 Å². The smallest absolute Gasteiger partial charge is 0.342 e. The minimum atomic E-state index is -4.35. The molecule has 1 atom stereocenters. The molecule has 3 aromatic carbocycles. The van der Waals surface area contributed by atoms with Gasteiger partial charge in [-0.05, 0) is 67.0 Å². The van der Waals surface area contributed by atoms with Crippen molar-refractivity contribution >= 4 is 12.2 Å². The largest absolute Gasteiger partial charge is 0.416 e. The third kappa shape index (κ3) is 5.50. The van der Waals surface area contributed by atoms with Crippen LogP contribution in [-0.2, 0) is 21.2 Å². The molecule has 0 saturated carbocycles. The van der Waals surface area contributed by atoms with Crippen LogP contribution in [0.25, 0.3) is 0 Å². The van der Waals surface area contributed by atoms with E-state index in [2.05, 4.69) is 24.3 Å². The van der Waals surface area contributed by atoms with Crippen LogP contribution in [0.2, 0.25) is 0 Å². The fraction of sp³-hybridized carbons (Fsp3) is 0.375. The van der Waals surface area contributed by atoms with E-state index in [9.17, 15) is 22.8 Å². The summed E-state index contributed by atoms with van der Waals surface area (Å²) >= 11 is 0. The third-order valence-electron chi connectivity index (χ3n) is 8.52. The van der Waals surface area contributed by atoms with E-state index in [1.54, 1.807) is 12.1 Å². The maximum absolute atomic E-state index is 13.5. The van der Waals surface area contributed by atoms with Gasteiger partial charge in [-0.1, -0.05) is 72.8 Å². The van der Waals surface area contributed by atoms with Gasteiger partial charge in [0.25, 0.3) is 0 Å². The van der Waals surface area contributed by atoms with E-state index in [0.29, 0.717) is 32.5 Å². The monoisotopic (exact) mass is 534 g/mol. The summed E-state index contributed by atoms with van der Waals surface area (Å²) in [6, 6.07) is 25.1. The summed E-state index contributed by atoms with van der Waals surface area (Å²) in [6.07, 6.45) is -0.270. The lowest BCUT2D eigenvalue weighted by Crippen LogP contribution is -2.58. The highest BCUT2D eigenvalue weighted by molar-refractivity contribution is 5.79. The molecule has 0 radical (unpaired) electrons. The van der Waals surface area contributed by atoms with Crippen molar-refractivity contribution in [2.24, 2.45) is 0 Å². The van der Waals surface area contributed by atoms with Crippen molar-refractivity contribution in [3.05, 3.63) is 107 Å². The molecule has 4 nitrogen and oxygen atoms in total. The molecule has 204 valence electrons. The lowest BCUT2D eigenvalue weighted by molar-refractivity contribution is -0.138. The van der Waals surface area contributed by atoms with Crippen molar-refractivity contribution in [2.75, 3.05) is 26.2 Å². The number of benzene rings is 3. The van der Waals surface area contributed by atoms with Gasteiger partial charge in [-0.2, -0.15) is 13.2 Å². The van der Waals surface area contributed by atoms with Crippen LogP contribution >= 0.6 is 0 Å². The first kappa shape index (κ1) is 27.1. The normalized spacial score (nSPS) is 20.5. The molecule has 2 aliphatic rings. The van der Waals surface area contributed by atoms with E-state index >= 15 is 0 Å². The van der Waals surface area contributed by atoms with E-state index in [1.807, 2.05) is 46.2 Å². The first-order valence-corrected chi connectivity index (χ1v) is 13.6. The predicted octanol–water partition coefficient (Wildman–Crippen LogP) is 6.06. The van der Waals surface area contributed by atoms with E-state index in [1.165, 1.54) is 0 Å². The second kappa shape index (κ2) is 11.3. The standard InChI is InChI=1S/C32H33F3N2O2/c33-32(34,35)28-14-12-24(13-15-28)25-16-20-36(21-17-25)30(39)22-37-19-7-18-31(29(37)23-38,26-8-3-1-4-9-26)27-10-5-2-6-11-27/h1-6,8-15,23,25,29H,7,16-22H2. The molecule has 2 fully saturated rings. The second-order valence-corrected chi connectivity index (χ2v) is 10.6. The summed E-state index contributed by atoms with van der Waals surface area (Å²) in [4.78, 5) is 30.1. The van der Waals surface area contributed by atoms with Crippen molar-refractivity contribution in [1.29, 1.82) is 0 Å². The van der Waals surface area contributed by atoms with Crippen LogP contribution < -0.4 is 0 Å². The van der Waals surface area contributed by atoms with Gasteiger partial charge in [0.2, 0.25) is 5.91 Å². The Kier molecular flexibility index (Phi) is 7.89. The van der Waals surface area contributed by atoms with Crippen molar-refractivity contribution in [2.45, 2.75) is 49.2 Å². The van der Waals surface area contributed by atoms with Gasteiger partial charge in [-0.15, -0.1) is 0 Å². The molecule has 2 saturated heterocycles. The molecule has 2 aliphatic heterocycles. The molecule has 7 heteroatoms. The summed E-state index contributed by atoms with van der Waals surface area (Å²) in [7, 11) is 0. The first-order chi connectivity index (χ1) is 18.8. The Hall–Kier alpha value is -3.45. The maximum atomic E-state index is 13.5. The Morgan fingerprint density at radius 2 is 1.41 bits per heavy atom. The van der Waals surface area contributed by atoms with Crippen LogP contribution in [0.1, 0.15) is 53.9 Å². The van der Waals surface area contributed by atoms with E-state index in [0.717, 1.165) is 48.0 Å². The summed E-state index contributed by atoms with van der Waals surface area (Å²) in [5, 5.41) is 0. The van der Waals surface area contributed by atoms with Crippen LogP contribution in [-0.4, -0.2) is 54.2 Å². The number of rotatable bonds is 6. The zero-order valence-corrected chi connectivity index (χ0v) is 21.8. The Morgan fingerprint density at radius 3 is 1.92 bits per heavy atom. The highest BCUT2D eigenvalue weighted by Gasteiger charge is 2.47. The summed E-state index contributed by atoms with van der Waals surface area (Å²) < 4.78 is 38.8. The number of aldehydes is 1. The lowest BCUT2D eigenvalue weighted by Gasteiger charge is -2.49. The Morgan fingerprint density at radius 1 is 0.846 bits per heavy atom. The number of alkyl halides is 3. The van der Waals surface area contributed by atoms with Gasteiger partial charge >= 0.3 is 6.18 Å². The van der Waals surface area contributed by atoms with Crippen molar-refractivity contribution in [3.8, 4) is 0 Å². The highest BCUT2D eigenvalue weighted by atomic mass is 19.4. The molecule has 0 aromatic heterocycles. The van der Waals surface area contributed by atoms with Crippen molar-refractivity contribution in [1.82, 2.24) is 9.80 Å². The average molecular weight is 535 g/mol. The number of piperidine rings is 2. The molecular formula is C32H33F3N2O2. The number of carbonyl (C=O) groups excluding carboxylic acids is 2. The van der Waals surface area contributed by atoms with E-state index < -0.39 is 23.2 Å². The van der Waals surface area contributed by atoms with Gasteiger partial charge in [-0.25, -0.2) is 0 Å². The number of likely N-dealkylation sites (tertiary alicyclic amines) is 2. The maximum Gasteiger partial charge on any atom is 0.416 e. The molecule has 0 bridgehead atoms. The van der Waals surface area contributed by atoms with Crippen molar-refractivity contribution in [3.63, 3.8) is 0 Å². The Balaban J connectivity index is 1.29. The van der Waals surface area contributed by atoms with E-state index in [4.69, 9.17) is 0 Å². The molecular weight excluding hydrogens is 501 g/mol. The molecule has 3 aromatic rings. The number of carbonyl (C=O) groups is 2. The fourth-order valence-electron chi connectivity index (χ4n) is 6.49. The number of hydrogen-bond acceptors (Lipinski definition) is 3. The zero-order chi connectivity index (χ0) is 27.5. The topological polar surface area (TPSA) is 40.6 Å². The van der Waals surface area contributed by atoms with Crippen molar-refractivity contribution < 1.29 is 22.8 Å². The Bertz CT molecular complexity index is 1210. The van der Waals surface area contributed by atoms with Gasteiger partial charge in [0.15, 0.2) is 0 Å². The highest BCUT2D eigenvalue weighted by Crippen LogP contribution is 2.44. The quantitative estimate of drug-likeness (QED) is 0.361. The molecule has 2 heterocycles. The molecule has 0 aliphatic carbocycles. The summed E-state index contributed by atoms with van der Waals surface area (Å²) in [6.45, 7) is 1.92. The lowest BCUT2D eigenvalue weighted by atomic mass is 9.64. The third-order valence-corrected chi connectivity index (χ3v) is 8.52. The summed E-state index contributed by atoms with van der Waals surface area (Å²) in [5.74, 6) is 0.113. The molecule has 0 N–H and O–H groups in total. The number of hydrogen-bond donors (Lipinski definition) is 0. The van der Waals surface area contributed by atoms with Crippen LogP contribution in [0, 0.1) is 0 Å². The number of nitrogens with zero attached hydrogens (tertiary/aromatic N) is 2. The molecule has 1 unspecified atom stereocenters. The van der Waals surface area contributed by atoms with Gasteiger partial charge in [-0.3, -0.25) is 9.69 Å². The molecule has 39 heavy (non-hydrogen) atoms. The van der Waals surface area contributed by atoms with Gasteiger partial charge < -0.3 is 9.69 Å². The molecule has 0 spiro atoms. The fourth-order valence-corrected chi connectivity index (χ4v) is 6.49. The minimum Gasteiger partial charge on any atom is -0.342 e. The van der Waals surface area contributed by atoms with Gasteiger partial charge in [0, 0.05) is 18.5 Å². The van der Waals surface area contributed by atoms with Gasteiger partial charge in [0.1, 0.15) is 6.29 Å². The van der Waals surface area contributed by atoms with Gasteiger partial charge in [0.05, 0.1) is 18.2 Å². The minimum absolute atomic E-state index is 0.00959. The van der Waals surface area contributed by atoms with Crippen LogP contribution in [0.5, 0.6) is 0 Å². The zero-order valence-electron chi connectivity index (χ0n) is 21.8.